The van der Waals surface area contributed by atoms with Crippen LogP contribution in [0.5, 0.6) is 0 Å². The molecule has 0 radical (unpaired) electrons. The van der Waals surface area contributed by atoms with Crippen molar-refractivity contribution >= 4 is 5.91 Å². The molecule has 0 bridgehead atoms. The second-order valence-corrected chi connectivity index (χ2v) is 4.54. The van der Waals surface area contributed by atoms with Crippen molar-refractivity contribution in [2.75, 3.05) is 20.1 Å². The van der Waals surface area contributed by atoms with Gasteiger partial charge in [0.15, 0.2) is 0 Å². The first-order valence-electron chi connectivity index (χ1n) is 5.43. The molecule has 2 N–H and O–H groups in total. The highest BCUT2D eigenvalue weighted by molar-refractivity contribution is 5.76. The van der Waals surface area contributed by atoms with Crippen LogP contribution in [0.2, 0.25) is 0 Å². The van der Waals surface area contributed by atoms with Gasteiger partial charge in [-0.2, -0.15) is 0 Å². The minimum atomic E-state index is 0.142. The molecule has 0 fully saturated rings. The molecule has 0 saturated heterocycles. The fraction of sp³-hybridized carbons (Fsp3) is 0.909. The maximum Gasteiger partial charge on any atom is 0.221 e. The zero-order valence-electron chi connectivity index (χ0n) is 9.94. The average Bonchev–Trinajstić information content (AvgIpc) is 2.11. The molecule has 0 aliphatic carbocycles. The summed E-state index contributed by atoms with van der Waals surface area (Å²) in [6.07, 6.45) is 2.89. The first-order valence-corrected chi connectivity index (χ1v) is 5.43. The molecule has 0 aromatic heterocycles. The minimum Gasteiger partial charge on any atom is -0.356 e. The summed E-state index contributed by atoms with van der Waals surface area (Å²) < 4.78 is 0. The smallest absolute Gasteiger partial charge is 0.221 e. The summed E-state index contributed by atoms with van der Waals surface area (Å²) in [6, 6.07) is 0. The summed E-state index contributed by atoms with van der Waals surface area (Å²) in [4.78, 5) is 11.3. The van der Waals surface area contributed by atoms with E-state index in [9.17, 15) is 4.79 Å². The van der Waals surface area contributed by atoms with Crippen molar-refractivity contribution in [1.82, 2.24) is 10.6 Å². The second-order valence-electron chi connectivity index (χ2n) is 4.54. The van der Waals surface area contributed by atoms with Crippen LogP contribution in [0.1, 0.15) is 40.0 Å². The molecule has 0 spiro atoms. The highest BCUT2D eigenvalue weighted by Gasteiger charge is 2.17. The van der Waals surface area contributed by atoms with E-state index in [4.69, 9.17) is 0 Å². The summed E-state index contributed by atoms with van der Waals surface area (Å²) in [7, 11) is 1.86. The van der Waals surface area contributed by atoms with Gasteiger partial charge in [0.25, 0.3) is 0 Å². The third-order valence-corrected chi connectivity index (χ3v) is 2.29. The number of amides is 1. The van der Waals surface area contributed by atoms with E-state index >= 15 is 0 Å². The van der Waals surface area contributed by atoms with Gasteiger partial charge >= 0.3 is 0 Å². The van der Waals surface area contributed by atoms with Crippen molar-refractivity contribution in [2.45, 2.75) is 40.0 Å². The molecule has 0 heterocycles. The molecule has 0 aliphatic rings. The highest BCUT2D eigenvalue weighted by atomic mass is 16.1. The van der Waals surface area contributed by atoms with Crippen molar-refractivity contribution in [3.8, 4) is 0 Å². The highest BCUT2D eigenvalue weighted by Crippen LogP contribution is 2.20. The summed E-state index contributed by atoms with van der Waals surface area (Å²) in [6.45, 7) is 8.08. The van der Waals surface area contributed by atoms with Gasteiger partial charge in [-0.15, -0.1) is 0 Å². The van der Waals surface area contributed by atoms with Crippen LogP contribution in [-0.2, 0) is 4.79 Å². The van der Waals surface area contributed by atoms with E-state index < -0.39 is 0 Å². The summed E-state index contributed by atoms with van der Waals surface area (Å²) >= 11 is 0. The molecular weight excluding hydrogens is 176 g/mol. The molecule has 0 aliphatic heterocycles. The van der Waals surface area contributed by atoms with Crippen LogP contribution in [0, 0.1) is 5.41 Å². The van der Waals surface area contributed by atoms with E-state index in [1.807, 2.05) is 7.05 Å². The maximum absolute atomic E-state index is 11.3. The van der Waals surface area contributed by atoms with Gasteiger partial charge in [0.2, 0.25) is 5.91 Å². The lowest BCUT2D eigenvalue weighted by molar-refractivity contribution is -0.121. The zero-order chi connectivity index (χ0) is 11.0. The number of hydrogen-bond acceptors (Lipinski definition) is 2. The maximum atomic E-state index is 11.3. The molecule has 0 unspecified atom stereocenters. The van der Waals surface area contributed by atoms with Crippen molar-refractivity contribution in [3.05, 3.63) is 0 Å². The summed E-state index contributed by atoms with van der Waals surface area (Å²) in [5, 5.41) is 5.92. The summed E-state index contributed by atoms with van der Waals surface area (Å²) in [5.74, 6) is 0.142. The Bertz CT molecular complexity index is 167. The van der Waals surface area contributed by atoms with E-state index in [0.29, 0.717) is 6.42 Å². The largest absolute Gasteiger partial charge is 0.356 e. The quantitative estimate of drug-likeness (QED) is 0.654. The van der Waals surface area contributed by atoms with Gasteiger partial charge in [-0.25, -0.2) is 0 Å². The standard InChI is InChI=1S/C11H24N2O/c1-5-7-11(2,3)9-13-10(14)6-8-12-4/h12H,5-9H2,1-4H3,(H,13,14). The molecule has 0 atom stereocenters. The number of rotatable bonds is 7. The van der Waals surface area contributed by atoms with E-state index in [0.717, 1.165) is 19.5 Å². The Morgan fingerprint density at radius 3 is 2.50 bits per heavy atom. The molecule has 0 aromatic carbocycles. The first kappa shape index (κ1) is 13.4. The van der Waals surface area contributed by atoms with Crippen LogP contribution in [0.4, 0.5) is 0 Å². The third kappa shape index (κ3) is 6.89. The van der Waals surface area contributed by atoms with Crippen LogP contribution in [-0.4, -0.2) is 26.0 Å². The van der Waals surface area contributed by atoms with Gasteiger partial charge in [0.1, 0.15) is 0 Å². The van der Waals surface area contributed by atoms with Crippen molar-refractivity contribution in [1.29, 1.82) is 0 Å². The van der Waals surface area contributed by atoms with E-state index in [-0.39, 0.29) is 11.3 Å². The van der Waals surface area contributed by atoms with Crippen molar-refractivity contribution in [2.24, 2.45) is 5.41 Å². The molecule has 0 aromatic rings. The molecular formula is C11H24N2O. The molecule has 14 heavy (non-hydrogen) atoms. The Kier molecular flexibility index (Phi) is 6.54. The average molecular weight is 200 g/mol. The van der Waals surface area contributed by atoms with Crippen LogP contribution in [0.15, 0.2) is 0 Å². The van der Waals surface area contributed by atoms with Gasteiger partial charge in [0.05, 0.1) is 0 Å². The van der Waals surface area contributed by atoms with E-state index in [1.165, 1.54) is 6.42 Å². The Morgan fingerprint density at radius 1 is 1.36 bits per heavy atom. The van der Waals surface area contributed by atoms with Gasteiger partial charge in [0, 0.05) is 19.5 Å². The van der Waals surface area contributed by atoms with Crippen LogP contribution < -0.4 is 10.6 Å². The predicted molar refractivity (Wildman–Crippen MR) is 60.2 cm³/mol. The molecule has 84 valence electrons. The SMILES string of the molecule is CCCC(C)(C)CNC(=O)CCNC. The Morgan fingerprint density at radius 2 is 2.00 bits per heavy atom. The normalized spacial score (nSPS) is 11.4. The van der Waals surface area contributed by atoms with Crippen LogP contribution in [0.3, 0.4) is 0 Å². The van der Waals surface area contributed by atoms with Crippen molar-refractivity contribution < 1.29 is 4.79 Å². The molecule has 0 saturated carbocycles. The Balaban J connectivity index is 3.64. The fourth-order valence-corrected chi connectivity index (χ4v) is 1.43. The number of carbonyl (C=O) groups excluding carboxylic acids is 1. The zero-order valence-corrected chi connectivity index (χ0v) is 9.94. The van der Waals surface area contributed by atoms with Gasteiger partial charge < -0.3 is 10.6 Å². The van der Waals surface area contributed by atoms with Crippen molar-refractivity contribution in [3.63, 3.8) is 0 Å². The Hall–Kier alpha value is -0.570. The van der Waals surface area contributed by atoms with Gasteiger partial charge in [-0.3, -0.25) is 4.79 Å². The summed E-state index contributed by atoms with van der Waals surface area (Å²) in [5.41, 5.74) is 0.226. The number of carbonyl (C=O) groups is 1. The first-order chi connectivity index (χ1) is 6.52. The second kappa shape index (κ2) is 6.82. The van der Waals surface area contributed by atoms with Gasteiger partial charge in [-0.05, 0) is 18.9 Å². The Labute approximate surface area is 87.6 Å². The molecule has 1 amide bonds. The lowest BCUT2D eigenvalue weighted by Gasteiger charge is -2.24. The lowest BCUT2D eigenvalue weighted by atomic mass is 9.88. The monoisotopic (exact) mass is 200 g/mol. The molecule has 0 rings (SSSR count). The predicted octanol–water partition coefficient (Wildman–Crippen LogP) is 1.54. The topological polar surface area (TPSA) is 41.1 Å². The van der Waals surface area contributed by atoms with Crippen LogP contribution in [0.25, 0.3) is 0 Å². The number of hydrogen-bond donors (Lipinski definition) is 2. The van der Waals surface area contributed by atoms with Gasteiger partial charge in [-0.1, -0.05) is 27.2 Å². The van der Waals surface area contributed by atoms with E-state index in [2.05, 4.69) is 31.4 Å². The number of nitrogens with one attached hydrogen (secondary N) is 2. The minimum absolute atomic E-state index is 0.142. The fourth-order valence-electron chi connectivity index (χ4n) is 1.43. The lowest BCUT2D eigenvalue weighted by Crippen LogP contribution is -2.35. The van der Waals surface area contributed by atoms with Crippen LogP contribution >= 0.6 is 0 Å². The van der Waals surface area contributed by atoms with E-state index in [1.54, 1.807) is 0 Å². The third-order valence-electron chi connectivity index (χ3n) is 2.29. The molecule has 3 nitrogen and oxygen atoms in total. The molecule has 3 heteroatoms.